The number of allylic oxidation sites excluding steroid dienone is 1. The third-order valence-corrected chi connectivity index (χ3v) is 2.99. The Labute approximate surface area is 163 Å². The summed E-state index contributed by atoms with van der Waals surface area (Å²) in [6.45, 7) is 19.6. The summed E-state index contributed by atoms with van der Waals surface area (Å²) in [6, 6.07) is 0. The highest BCUT2D eigenvalue weighted by Gasteiger charge is 2.05. The number of nitrogens with two attached hydrogens (primary N) is 2. The van der Waals surface area contributed by atoms with Crippen molar-refractivity contribution in [1.29, 1.82) is 0 Å². The lowest BCUT2D eigenvalue weighted by Gasteiger charge is -2.22. The first kappa shape index (κ1) is 31.3. The molecule has 0 rings (SSSR count). The molecule has 0 aliphatic heterocycles. The van der Waals surface area contributed by atoms with Gasteiger partial charge in [0, 0.05) is 13.1 Å². The summed E-state index contributed by atoms with van der Waals surface area (Å²) in [6.07, 6.45) is 13.1. The number of unbranched alkanes of at least 4 members (excludes halogenated alkanes) is 1. The molecule has 0 saturated carbocycles. The maximum Gasteiger partial charge on any atom is 0.166 e. The first-order valence-corrected chi connectivity index (χ1v) is 9.70. The molecule has 0 amide bonds. The van der Waals surface area contributed by atoms with Gasteiger partial charge in [0.05, 0.1) is 0 Å². The predicted molar refractivity (Wildman–Crippen MR) is 121 cm³/mol. The molecule has 0 bridgehead atoms. The number of hydrogen-bond donors (Lipinski definition) is 2. The summed E-state index contributed by atoms with van der Waals surface area (Å²) >= 11 is 4.96. The molecular weight excluding hydrogens is 326 g/mol. The van der Waals surface area contributed by atoms with Crippen LogP contribution in [0, 0.1) is 18.3 Å². The summed E-state index contributed by atoms with van der Waals surface area (Å²) in [5.74, 6) is 3.39. The Morgan fingerprint density at radius 2 is 1.76 bits per heavy atom. The van der Waals surface area contributed by atoms with E-state index in [1.807, 2.05) is 25.7 Å². The fourth-order valence-corrected chi connectivity index (χ4v) is 1.84. The quantitative estimate of drug-likeness (QED) is 0.461. The van der Waals surface area contributed by atoms with Crippen LogP contribution in [0.3, 0.4) is 0 Å². The minimum Gasteiger partial charge on any atom is -0.405 e. The van der Waals surface area contributed by atoms with E-state index in [1.54, 1.807) is 6.08 Å². The number of hydrogen-bond acceptors (Lipinski definition) is 2. The second kappa shape index (κ2) is 27.4. The topological polar surface area (TPSA) is 55.3 Å². The Bertz CT molecular complexity index is 355. The van der Waals surface area contributed by atoms with Gasteiger partial charge in [-0.3, -0.25) is 0 Å². The zero-order chi connectivity index (χ0) is 20.7. The predicted octanol–water partition coefficient (Wildman–Crippen LogP) is 5.47. The Kier molecular flexibility index (Phi) is 34.3. The molecule has 3 nitrogen and oxygen atoms in total. The van der Waals surface area contributed by atoms with Gasteiger partial charge in [0.1, 0.15) is 0 Å². The highest BCUT2D eigenvalue weighted by Crippen LogP contribution is 2.01. The Morgan fingerprint density at radius 3 is 2.00 bits per heavy atom. The van der Waals surface area contributed by atoms with Crippen LogP contribution in [0.2, 0.25) is 0 Å². The van der Waals surface area contributed by atoms with Crippen LogP contribution in [0.4, 0.5) is 0 Å². The number of rotatable bonds is 7. The van der Waals surface area contributed by atoms with Crippen LogP contribution in [0.15, 0.2) is 24.4 Å². The average molecular weight is 370 g/mol. The second-order valence-corrected chi connectivity index (χ2v) is 6.11. The van der Waals surface area contributed by atoms with Crippen LogP contribution in [-0.2, 0) is 0 Å². The van der Waals surface area contributed by atoms with E-state index in [1.165, 1.54) is 19.0 Å². The highest BCUT2D eigenvalue weighted by atomic mass is 32.1. The van der Waals surface area contributed by atoms with Crippen LogP contribution in [0.25, 0.3) is 0 Å². The van der Waals surface area contributed by atoms with Crippen LogP contribution in [0.1, 0.15) is 74.1 Å². The zero-order valence-electron chi connectivity index (χ0n) is 17.8. The van der Waals surface area contributed by atoms with Gasteiger partial charge in [-0.2, -0.15) is 0 Å². The van der Waals surface area contributed by atoms with Gasteiger partial charge < -0.3 is 16.4 Å². The minimum atomic E-state index is 0.447. The van der Waals surface area contributed by atoms with Crippen LogP contribution < -0.4 is 11.5 Å². The number of thiocarbonyl (C=S) groups is 1. The third-order valence-electron chi connectivity index (χ3n) is 2.73. The molecular formula is C21H43N3S. The molecule has 0 aromatic rings. The van der Waals surface area contributed by atoms with Gasteiger partial charge in [-0.15, -0.1) is 6.42 Å². The first-order chi connectivity index (χ1) is 11.8. The van der Waals surface area contributed by atoms with Crippen LogP contribution in [-0.4, -0.2) is 23.1 Å². The fraction of sp³-hybridized carbons (Fsp3) is 0.667. The van der Waals surface area contributed by atoms with Gasteiger partial charge in [-0.1, -0.05) is 73.3 Å². The van der Waals surface area contributed by atoms with Crippen molar-refractivity contribution in [2.75, 3.05) is 13.1 Å². The van der Waals surface area contributed by atoms with Gasteiger partial charge in [0.25, 0.3) is 0 Å². The molecule has 148 valence electrons. The standard InChI is InChI=1S/C11H18N2S.C6H14.C2H5N.C2H6/c1-4-6-8-13(11(12)14)9-10(3)7-5-2;1-4-5-6(2)3;1-2-3;1-2/h2,7H,4,6,8-9H2,1,3H3,(H2,12,14);6H,4-5H2,1-3H3;2H,1,3H2;1-2H3/b10-7+;;;. The summed E-state index contributed by atoms with van der Waals surface area (Å²) in [7, 11) is 0. The zero-order valence-corrected chi connectivity index (χ0v) is 18.6. The Balaban J connectivity index is -0.000000166. The molecule has 0 aliphatic carbocycles. The van der Waals surface area contributed by atoms with Crippen molar-refractivity contribution in [3.05, 3.63) is 24.4 Å². The van der Waals surface area contributed by atoms with Gasteiger partial charge in [-0.05, 0) is 49.3 Å². The molecule has 0 spiro atoms. The molecule has 0 radical (unpaired) electrons. The lowest BCUT2D eigenvalue weighted by Crippen LogP contribution is -2.37. The van der Waals surface area contributed by atoms with E-state index in [9.17, 15) is 0 Å². The summed E-state index contributed by atoms with van der Waals surface area (Å²) in [5.41, 5.74) is 11.3. The molecule has 0 aromatic heterocycles. The van der Waals surface area contributed by atoms with Crippen molar-refractivity contribution in [1.82, 2.24) is 4.90 Å². The molecule has 0 unspecified atom stereocenters. The van der Waals surface area contributed by atoms with E-state index in [-0.39, 0.29) is 0 Å². The van der Waals surface area contributed by atoms with Crippen molar-refractivity contribution in [2.45, 2.75) is 74.1 Å². The monoisotopic (exact) mass is 369 g/mol. The van der Waals surface area contributed by atoms with Gasteiger partial charge in [-0.25, -0.2) is 0 Å². The number of nitrogens with zero attached hydrogens (tertiary/aromatic N) is 1. The summed E-state index contributed by atoms with van der Waals surface area (Å²) in [4.78, 5) is 1.97. The van der Waals surface area contributed by atoms with E-state index in [4.69, 9.17) is 24.4 Å². The highest BCUT2D eigenvalue weighted by molar-refractivity contribution is 7.80. The van der Waals surface area contributed by atoms with Crippen molar-refractivity contribution in [3.63, 3.8) is 0 Å². The minimum absolute atomic E-state index is 0.447. The van der Waals surface area contributed by atoms with E-state index in [2.05, 4.69) is 45.9 Å². The van der Waals surface area contributed by atoms with E-state index < -0.39 is 0 Å². The van der Waals surface area contributed by atoms with Crippen LogP contribution in [0.5, 0.6) is 0 Å². The van der Waals surface area contributed by atoms with E-state index >= 15 is 0 Å². The molecule has 0 fully saturated rings. The van der Waals surface area contributed by atoms with Crippen molar-refractivity contribution >= 4 is 17.3 Å². The maximum atomic E-state index is 5.60. The molecule has 4 heteroatoms. The lowest BCUT2D eigenvalue weighted by molar-refractivity contribution is 0.440. The largest absolute Gasteiger partial charge is 0.405 e. The molecule has 0 atom stereocenters. The summed E-state index contributed by atoms with van der Waals surface area (Å²) in [5, 5.41) is 0.447. The van der Waals surface area contributed by atoms with E-state index in [0.717, 1.165) is 37.4 Å². The van der Waals surface area contributed by atoms with Crippen molar-refractivity contribution < 1.29 is 0 Å². The van der Waals surface area contributed by atoms with Gasteiger partial charge >= 0.3 is 0 Å². The molecule has 0 aromatic carbocycles. The summed E-state index contributed by atoms with van der Waals surface area (Å²) < 4.78 is 0. The fourth-order valence-electron chi connectivity index (χ4n) is 1.68. The van der Waals surface area contributed by atoms with E-state index in [0.29, 0.717) is 5.11 Å². The van der Waals surface area contributed by atoms with Crippen LogP contribution >= 0.6 is 12.2 Å². The van der Waals surface area contributed by atoms with Crippen molar-refractivity contribution in [3.8, 4) is 12.3 Å². The smallest absolute Gasteiger partial charge is 0.166 e. The Hall–Kier alpha value is -1.47. The molecule has 4 N–H and O–H groups in total. The molecule has 0 aliphatic rings. The second-order valence-electron chi connectivity index (χ2n) is 5.69. The normalized spacial score (nSPS) is 9.16. The Morgan fingerprint density at radius 1 is 1.28 bits per heavy atom. The average Bonchev–Trinajstić information content (AvgIpc) is 2.54. The first-order valence-electron chi connectivity index (χ1n) is 9.29. The van der Waals surface area contributed by atoms with Crippen molar-refractivity contribution in [2.24, 2.45) is 17.4 Å². The third kappa shape index (κ3) is 34.8. The molecule has 25 heavy (non-hydrogen) atoms. The van der Waals surface area contributed by atoms with Gasteiger partial charge in [0.2, 0.25) is 0 Å². The SMILES string of the molecule is C#C/C=C(\C)CN(CCCC)C(N)=S.C=CN.CC.CCCC(C)C. The molecule has 0 saturated heterocycles. The van der Waals surface area contributed by atoms with Gasteiger partial charge in [0.15, 0.2) is 5.11 Å². The lowest BCUT2D eigenvalue weighted by atomic mass is 10.1. The maximum absolute atomic E-state index is 5.60. The number of terminal acetylenes is 1. The molecule has 0 heterocycles.